The maximum atomic E-state index is 13.2. The fourth-order valence-electron chi connectivity index (χ4n) is 1.58. The first-order valence-corrected chi connectivity index (χ1v) is 5.43. The quantitative estimate of drug-likeness (QED) is 0.809. The van der Waals surface area contributed by atoms with Crippen molar-refractivity contribution in [3.05, 3.63) is 29.6 Å². The van der Waals surface area contributed by atoms with Crippen molar-refractivity contribution in [3.63, 3.8) is 0 Å². The number of benzene rings is 1. The van der Waals surface area contributed by atoms with E-state index in [4.69, 9.17) is 0 Å². The van der Waals surface area contributed by atoms with E-state index in [1.54, 1.807) is 0 Å². The van der Waals surface area contributed by atoms with Crippen LogP contribution in [0.5, 0.6) is 0 Å². The monoisotopic (exact) mass is 231 g/mol. The molecule has 0 spiro atoms. The molecule has 0 heterocycles. The molecule has 1 atom stereocenters. The highest BCUT2D eigenvalue weighted by Gasteiger charge is 2.11. The third-order valence-electron chi connectivity index (χ3n) is 2.42. The molecule has 0 saturated carbocycles. The Morgan fingerprint density at radius 1 is 1.19 bits per heavy atom. The molecule has 0 aliphatic rings. The van der Waals surface area contributed by atoms with Gasteiger partial charge in [0.2, 0.25) is 0 Å². The van der Waals surface area contributed by atoms with E-state index in [-0.39, 0.29) is 5.69 Å². The van der Waals surface area contributed by atoms with Gasteiger partial charge in [-0.2, -0.15) is 0 Å². The fourth-order valence-corrected chi connectivity index (χ4v) is 1.58. The molecule has 1 aromatic rings. The first kappa shape index (κ1) is 12.9. The number of anilines is 1. The SMILES string of the molecule is CCCC(C)CNc1c(F)cc(F)cc1F. The van der Waals surface area contributed by atoms with E-state index in [2.05, 4.69) is 12.2 Å². The number of rotatable bonds is 5. The van der Waals surface area contributed by atoms with Crippen LogP contribution in [0, 0.1) is 23.4 Å². The molecule has 0 aromatic heterocycles. The van der Waals surface area contributed by atoms with Crippen LogP contribution in [0.2, 0.25) is 0 Å². The summed E-state index contributed by atoms with van der Waals surface area (Å²) in [6, 6.07) is 1.35. The van der Waals surface area contributed by atoms with Crippen LogP contribution >= 0.6 is 0 Å². The van der Waals surface area contributed by atoms with Gasteiger partial charge in [0.25, 0.3) is 0 Å². The van der Waals surface area contributed by atoms with E-state index in [9.17, 15) is 13.2 Å². The third kappa shape index (κ3) is 3.43. The lowest BCUT2D eigenvalue weighted by Crippen LogP contribution is -2.13. The van der Waals surface area contributed by atoms with Gasteiger partial charge in [0.1, 0.15) is 11.5 Å². The van der Waals surface area contributed by atoms with E-state index in [1.165, 1.54) is 0 Å². The van der Waals surface area contributed by atoms with Crippen LogP contribution in [-0.4, -0.2) is 6.54 Å². The van der Waals surface area contributed by atoms with Crippen LogP contribution in [0.3, 0.4) is 0 Å². The Morgan fingerprint density at radius 3 is 2.25 bits per heavy atom. The molecule has 0 saturated heterocycles. The summed E-state index contributed by atoms with van der Waals surface area (Å²) in [7, 11) is 0. The van der Waals surface area contributed by atoms with Crippen LogP contribution in [0.25, 0.3) is 0 Å². The minimum atomic E-state index is -0.901. The van der Waals surface area contributed by atoms with E-state index in [1.807, 2.05) is 6.92 Å². The predicted molar refractivity (Wildman–Crippen MR) is 58.9 cm³/mol. The Hall–Kier alpha value is -1.19. The van der Waals surface area contributed by atoms with Crippen molar-refractivity contribution < 1.29 is 13.2 Å². The second kappa shape index (κ2) is 5.77. The normalized spacial score (nSPS) is 12.6. The molecule has 1 rings (SSSR count). The average Bonchev–Trinajstić information content (AvgIpc) is 2.16. The summed E-state index contributed by atoms with van der Waals surface area (Å²) in [5.41, 5.74) is -0.246. The van der Waals surface area contributed by atoms with Crippen LogP contribution < -0.4 is 5.32 Å². The Kier molecular flexibility index (Phi) is 4.65. The van der Waals surface area contributed by atoms with Gasteiger partial charge in [-0.3, -0.25) is 0 Å². The standard InChI is InChI=1S/C12H16F3N/c1-3-4-8(2)7-16-12-10(14)5-9(13)6-11(12)15/h5-6,8,16H,3-4,7H2,1-2H3. The fraction of sp³-hybridized carbons (Fsp3) is 0.500. The molecule has 4 heteroatoms. The zero-order valence-electron chi connectivity index (χ0n) is 9.49. The van der Waals surface area contributed by atoms with Crippen molar-refractivity contribution in [2.24, 2.45) is 5.92 Å². The van der Waals surface area contributed by atoms with Gasteiger partial charge in [0.15, 0.2) is 11.6 Å². The summed E-state index contributed by atoms with van der Waals surface area (Å²) in [6.07, 6.45) is 2.01. The molecule has 0 bridgehead atoms. The second-order valence-electron chi connectivity index (χ2n) is 4.02. The lowest BCUT2D eigenvalue weighted by molar-refractivity contribution is 0.530. The van der Waals surface area contributed by atoms with Crippen molar-refractivity contribution >= 4 is 5.69 Å². The maximum absolute atomic E-state index is 13.2. The largest absolute Gasteiger partial charge is 0.380 e. The van der Waals surface area contributed by atoms with E-state index in [0.29, 0.717) is 24.6 Å². The van der Waals surface area contributed by atoms with Gasteiger partial charge in [0, 0.05) is 18.7 Å². The molecule has 90 valence electrons. The highest BCUT2D eigenvalue weighted by molar-refractivity contribution is 5.46. The number of nitrogens with one attached hydrogen (secondary N) is 1. The smallest absolute Gasteiger partial charge is 0.152 e. The molecule has 0 amide bonds. The lowest BCUT2D eigenvalue weighted by atomic mass is 10.1. The minimum absolute atomic E-state index is 0.246. The number of halogens is 3. The summed E-state index contributed by atoms with van der Waals surface area (Å²) >= 11 is 0. The molecule has 0 aliphatic heterocycles. The molecule has 1 unspecified atom stereocenters. The van der Waals surface area contributed by atoms with Gasteiger partial charge in [-0.25, -0.2) is 13.2 Å². The molecule has 0 radical (unpaired) electrons. The van der Waals surface area contributed by atoms with Gasteiger partial charge in [0.05, 0.1) is 0 Å². The topological polar surface area (TPSA) is 12.0 Å². The number of hydrogen-bond donors (Lipinski definition) is 1. The van der Waals surface area contributed by atoms with Gasteiger partial charge in [-0.15, -0.1) is 0 Å². The summed E-state index contributed by atoms with van der Waals surface area (Å²) in [6.45, 7) is 4.53. The minimum Gasteiger partial charge on any atom is -0.380 e. The average molecular weight is 231 g/mol. The number of hydrogen-bond acceptors (Lipinski definition) is 1. The van der Waals surface area contributed by atoms with Crippen molar-refractivity contribution in [1.82, 2.24) is 0 Å². The Labute approximate surface area is 93.7 Å². The van der Waals surface area contributed by atoms with Crippen molar-refractivity contribution in [1.29, 1.82) is 0 Å². The third-order valence-corrected chi connectivity index (χ3v) is 2.42. The van der Waals surface area contributed by atoms with Crippen LogP contribution in [-0.2, 0) is 0 Å². The zero-order valence-corrected chi connectivity index (χ0v) is 9.49. The highest BCUT2D eigenvalue weighted by atomic mass is 19.1. The first-order valence-electron chi connectivity index (χ1n) is 5.43. The molecule has 1 aromatic carbocycles. The van der Waals surface area contributed by atoms with Gasteiger partial charge in [-0.1, -0.05) is 20.3 Å². The predicted octanol–water partition coefficient (Wildman–Crippen LogP) is 3.95. The van der Waals surface area contributed by atoms with E-state index in [0.717, 1.165) is 12.8 Å². The Morgan fingerprint density at radius 2 is 1.75 bits per heavy atom. The van der Waals surface area contributed by atoms with Crippen molar-refractivity contribution in [3.8, 4) is 0 Å². The van der Waals surface area contributed by atoms with Crippen LogP contribution in [0.4, 0.5) is 18.9 Å². The van der Waals surface area contributed by atoms with E-state index < -0.39 is 17.5 Å². The molecular weight excluding hydrogens is 215 g/mol. The molecule has 0 aliphatic carbocycles. The summed E-state index contributed by atoms with van der Waals surface area (Å²) < 4.78 is 39.0. The molecule has 16 heavy (non-hydrogen) atoms. The van der Waals surface area contributed by atoms with Crippen molar-refractivity contribution in [2.45, 2.75) is 26.7 Å². The summed E-state index contributed by atoms with van der Waals surface area (Å²) in [5, 5.41) is 2.68. The molecular formula is C12H16F3N. The second-order valence-corrected chi connectivity index (χ2v) is 4.02. The lowest BCUT2D eigenvalue weighted by Gasteiger charge is -2.13. The summed E-state index contributed by atoms with van der Waals surface area (Å²) in [5.74, 6) is -2.35. The maximum Gasteiger partial charge on any atom is 0.152 e. The van der Waals surface area contributed by atoms with Gasteiger partial charge >= 0.3 is 0 Å². The van der Waals surface area contributed by atoms with Crippen LogP contribution in [0.15, 0.2) is 12.1 Å². The van der Waals surface area contributed by atoms with Gasteiger partial charge in [-0.05, 0) is 12.3 Å². The summed E-state index contributed by atoms with van der Waals surface area (Å²) in [4.78, 5) is 0. The zero-order chi connectivity index (χ0) is 12.1. The van der Waals surface area contributed by atoms with Crippen LogP contribution in [0.1, 0.15) is 26.7 Å². The Bertz CT molecular complexity index is 329. The molecule has 0 fully saturated rings. The van der Waals surface area contributed by atoms with Crippen molar-refractivity contribution in [2.75, 3.05) is 11.9 Å². The van der Waals surface area contributed by atoms with Gasteiger partial charge < -0.3 is 5.32 Å². The van der Waals surface area contributed by atoms with E-state index >= 15 is 0 Å². The highest BCUT2D eigenvalue weighted by Crippen LogP contribution is 2.20. The Balaban J connectivity index is 2.67. The molecule has 1 nitrogen and oxygen atoms in total. The molecule has 1 N–H and O–H groups in total. The first-order chi connectivity index (χ1) is 7.54.